The Bertz CT molecular complexity index is 770. The SMILES string of the molecule is CC(C)(CC(=O)N1C[C@H](C(=O)O)[C@H](c2ccccc2)C1)c1ccccc1. The second-order valence-electron chi connectivity index (χ2n) is 7.69. The number of amides is 1. The fourth-order valence-corrected chi connectivity index (χ4v) is 3.78. The summed E-state index contributed by atoms with van der Waals surface area (Å²) in [5.74, 6) is -1.53. The van der Waals surface area contributed by atoms with E-state index in [4.69, 9.17) is 0 Å². The maximum Gasteiger partial charge on any atom is 0.308 e. The summed E-state index contributed by atoms with van der Waals surface area (Å²) in [6, 6.07) is 19.6. The van der Waals surface area contributed by atoms with Crippen molar-refractivity contribution in [1.82, 2.24) is 4.90 Å². The topological polar surface area (TPSA) is 57.6 Å². The molecule has 0 radical (unpaired) electrons. The van der Waals surface area contributed by atoms with Crippen LogP contribution in [0.2, 0.25) is 0 Å². The van der Waals surface area contributed by atoms with Crippen LogP contribution in [-0.2, 0) is 15.0 Å². The average Bonchev–Trinajstić information content (AvgIpc) is 3.09. The average molecular weight is 351 g/mol. The van der Waals surface area contributed by atoms with Gasteiger partial charge in [-0.05, 0) is 16.5 Å². The van der Waals surface area contributed by atoms with Gasteiger partial charge in [-0.2, -0.15) is 0 Å². The number of benzene rings is 2. The molecule has 0 bridgehead atoms. The fraction of sp³-hybridized carbons (Fsp3) is 0.364. The molecular formula is C22H25NO3. The van der Waals surface area contributed by atoms with E-state index in [-0.39, 0.29) is 23.8 Å². The Hall–Kier alpha value is -2.62. The molecule has 0 aliphatic carbocycles. The molecular weight excluding hydrogens is 326 g/mol. The zero-order valence-electron chi connectivity index (χ0n) is 15.3. The van der Waals surface area contributed by atoms with Crippen molar-refractivity contribution in [2.45, 2.75) is 31.6 Å². The van der Waals surface area contributed by atoms with Gasteiger partial charge in [0, 0.05) is 25.4 Å². The molecule has 0 unspecified atom stereocenters. The maximum atomic E-state index is 12.9. The summed E-state index contributed by atoms with van der Waals surface area (Å²) in [5.41, 5.74) is 1.81. The van der Waals surface area contributed by atoms with Gasteiger partial charge in [-0.25, -0.2) is 0 Å². The van der Waals surface area contributed by atoms with E-state index >= 15 is 0 Å². The predicted molar refractivity (Wildman–Crippen MR) is 101 cm³/mol. The summed E-state index contributed by atoms with van der Waals surface area (Å²) in [6.07, 6.45) is 0.366. The summed E-state index contributed by atoms with van der Waals surface area (Å²) in [4.78, 5) is 26.4. The lowest BCUT2D eigenvalue weighted by molar-refractivity contribution is -0.141. The van der Waals surface area contributed by atoms with E-state index in [2.05, 4.69) is 13.8 Å². The molecule has 1 amide bonds. The molecule has 1 fully saturated rings. The van der Waals surface area contributed by atoms with Gasteiger partial charge in [0.15, 0.2) is 0 Å². The highest BCUT2D eigenvalue weighted by Crippen LogP contribution is 2.35. The summed E-state index contributed by atoms with van der Waals surface area (Å²) in [7, 11) is 0. The predicted octanol–water partition coefficient (Wildman–Crippen LogP) is 3.68. The van der Waals surface area contributed by atoms with E-state index in [1.54, 1.807) is 4.90 Å². The van der Waals surface area contributed by atoms with Crippen molar-refractivity contribution in [3.63, 3.8) is 0 Å². The van der Waals surface area contributed by atoms with Crippen molar-refractivity contribution in [1.29, 1.82) is 0 Å². The van der Waals surface area contributed by atoms with E-state index in [1.165, 1.54) is 0 Å². The summed E-state index contributed by atoms with van der Waals surface area (Å²) >= 11 is 0. The lowest BCUT2D eigenvalue weighted by Gasteiger charge is -2.27. The van der Waals surface area contributed by atoms with Gasteiger partial charge in [0.05, 0.1) is 5.92 Å². The van der Waals surface area contributed by atoms with Crippen molar-refractivity contribution < 1.29 is 14.7 Å². The van der Waals surface area contributed by atoms with Crippen molar-refractivity contribution >= 4 is 11.9 Å². The highest BCUT2D eigenvalue weighted by atomic mass is 16.4. The van der Waals surface area contributed by atoms with Crippen molar-refractivity contribution in [3.8, 4) is 0 Å². The molecule has 2 aromatic carbocycles. The van der Waals surface area contributed by atoms with Gasteiger partial charge >= 0.3 is 5.97 Å². The van der Waals surface area contributed by atoms with Gasteiger partial charge in [-0.1, -0.05) is 74.5 Å². The third-order valence-electron chi connectivity index (χ3n) is 5.37. The Kier molecular flexibility index (Phi) is 5.12. The van der Waals surface area contributed by atoms with Gasteiger partial charge < -0.3 is 10.0 Å². The minimum absolute atomic E-state index is 0.0172. The number of carbonyl (C=O) groups excluding carboxylic acids is 1. The van der Waals surface area contributed by atoms with Crippen LogP contribution in [0, 0.1) is 5.92 Å². The summed E-state index contributed by atoms with van der Waals surface area (Å²) in [6.45, 7) is 4.85. The number of carboxylic acid groups (broad SMARTS) is 1. The van der Waals surface area contributed by atoms with Gasteiger partial charge in [-0.3, -0.25) is 9.59 Å². The molecule has 136 valence electrons. The molecule has 1 saturated heterocycles. The summed E-state index contributed by atoms with van der Waals surface area (Å²) < 4.78 is 0. The molecule has 2 atom stereocenters. The molecule has 1 heterocycles. The first kappa shape index (κ1) is 18.2. The van der Waals surface area contributed by atoms with Crippen LogP contribution >= 0.6 is 0 Å². The van der Waals surface area contributed by atoms with Crippen molar-refractivity contribution in [2.24, 2.45) is 5.92 Å². The van der Waals surface area contributed by atoms with Crippen LogP contribution in [0.15, 0.2) is 60.7 Å². The molecule has 4 nitrogen and oxygen atoms in total. The van der Waals surface area contributed by atoms with Crippen LogP contribution in [0.3, 0.4) is 0 Å². The molecule has 3 rings (SSSR count). The minimum Gasteiger partial charge on any atom is -0.481 e. The van der Waals surface area contributed by atoms with Gasteiger partial charge in [0.25, 0.3) is 0 Å². The lowest BCUT2D eigenvalue weighted by Crippen LogP contribution is -2.34. The van der Waals surface area contributed by atoms with E-state index in [0.29, 0.717) is 13.0 Å². The Morgan fingerprint density at radius 3 is 2.15 bits per heavy atom. The number of carboxylic acids is 1. The second-order valence-corrected chi connectivity index (χ2v) is 7.69. The summed E-state index contributed by atoms with van der Waals surface area (Å²) in [5, 5.41) is 9.62. The van der Waals surface area contributed by atoms with Crippen LogP contribution in [0.1, 0.15) is 37.3 Å². The van der Waals surface area contributed by atoms with E-state index in [9.17, 15) is 14.7 Å². The molecule has 26 heavy (non-hydrogen) atoms. The zero-order valence-corrected chi connectivity index (χ0v) is 15.3. The Balaban J connectivity index is 1.75. The minimum atomic E-state index is -0.837. The van der Waals surface area contributed by atoms with Gasteiger partial charge in [0.2, 0.25) is 5.91 Å². The van der Waals surface area contributed by atoms with Crippen LogP contribution in [0.25, 0.3) is 0 Å². The van der Waals surface area contributed by atoms with Gasteiger partial charge in [-0.15, -0.1) is 0 Å². The van der Waals surface area contributed by atoms with Crippen molar-refractivity contribution in [3.05, 3.63) is 71.8 Å². The van der Waals surface area contributed by atoms with E-state index < -0.39 is 11.9 Å². The molecule has 2 aromatic rings. The van der Waals surface area contributed by atoms with Crippen LogP contribution in [-0.4, -0.2) is 35.0 Å². The van der Waals surface area contributed by atoms with E-state index in [0.717, 1.165) is 11.1 Å². The molecule has 1 aliphatic heterocycles. The highest BCUT2D eigenvalue weighted by molar-refractivity contribution is 5.80. The number of carbonyl (C=O) groups is 2. The molecule has 4 heteroatoms. The van der Waals surface area contributed by atoms with Crippen LogP contribution in [0.4, 0.5) is 0 Å². The molecule has 0 aromatic heterocycles. The number of hydrogen-bond donors (Lipinski definition) is 1. The first-order valence-electron chi connectivity index (χ1n) is 8.99. The quantitative estimate of drug-likeness (QED) is 0.894. The Morgan fingerprint density at radius 2 is 1.58 bits per heavy atom. The third-order valence-corrected chi connectivity index (χ3v) is 5.37. The molecule has 1 N–H and O–H groups in total. The Labute approximate surface area is 154 Å². The molecule has 0 saturated carbocycles. The smallest absolute Gasteiger partial charge is 0.308 e. The Morgan fingerprint density at radius 1 is 1.00 bits per heavy atom. The maximum absolute atomic E-state index is 12.9. The number of rotatable bonds is 5. The van der Waals surface area contributed by atoms with Crippen LogP contribution < -0.4 is 0 Å². The van der Waals surface area contributed by atoms with Gasteiger partial charge in [0.1, 0.15) is 0 Å². The fourth-order valence-electron chi connectivity index (χ4n) is 3.78. The number of hydrogen-bond acceptors (Lipinski definition) is 2. The lowest BCUT2D eigenvalue weighted by atomic mass is 9.81. The molecule has 1 aliphatic rings. The monoisotopic (exact) mass is 351 g/mol. The standard InChI is InChI=1S/C22H25NO3/c1-22(2,17-11-7-4-8-12-17)13-20(24)23-14-18(19(15-23)21(25)26)16-9-5-3-6-10-16/h3-12,18-19H,13-15H2,1-2H3,(H,25,26)/t18-,19-/m0/s1. The number of nitrogens with zero attached hydrogens (tertiary/aromatic N) is 1. The number of likely N-dealkylation sites (tertiary alicyclic amines) is 1. The normalized spacial score (nSPS) is 20.2. The third kappa shape index (κ3) is 3.79. The zero-order chi connectivity index (χ0) is 18.7. The molecule has 0 spiro atoms. The largest absolute Gasteiger partial charge is 0.481 e. The number of aliphatic carboxylic acids is 1. The van der Waals surface area contributed by atoms with Crippen molar-refractivity contribution in [2.75, 3.05) is 13.1 Å². The second kappa shape index (κ2) is 7.32. The van der Waals surface area contributed by atoms with E-state index in [1.807, 2.05) is 60.7 Å². The van der Waals surface area contributed by atoms with Crippen LogP contribution in [0.5, 0.6) is 0 Å². The first-order valence-corrected chi connectivity index (χ1v) is 8.99. The highest BCUT2D eigenvalue weighted by Gasteiger charge is 2.41. The first-order chi connectivity index (χ1) is 12.4.